The average molecular weight is 389 g/mol. The standard InChI is InChI=1S/C20H25BrN2O/c1-16-3-5-17(6-4-16)14-22-9-11-23(12-10-22)15-18-13-19(21)7-8-20(18)24-2/h3-8,13H,9-12,14-15H2,1-2H3. The second-order valence-corrected chi connectivity index (χ2v) is 7.41. The second kappa shape index (κ2) is 8.15. The highest BCUT2D eigenvalue weighted by Gasteiger charge is 2.18. The summed E-state index contributed by atoms with van der Waals surface area (Å²) in [6, 6.07) is 15.1. The predicted octanol–water partition coefficient (Wildman–Crippen LogP) is 4.08. The minimum atomic E-state index is 0.945. The Morgan fingerprint density at radius 2 is 1.54 bits per heavy atom. The zero-order chi connectivity index (χ0) is 16.9. The molecule has 0 amide bonds. The highest BCUT2D eigenvalue weighted by Crippen LogP contribution is 2.24. The van der Waals surface area contributed by atoms with Gasteiger partial charge in [-0.3, -0.25) is 9.80 Å². The molecule has 128 valence electrons. The third-order valence-corrected chi connectivity index (χ3v) is 5.12. The summed E-state index contributed by atoms with van der Waals surface area (Å²) in [5.41, 5.74) is 3.98. The van der Waals surface area contributed by atoms with Gasteiger partial charge in [0.1, 0.15) is 5.75 Å². The van der Waals surface area contributed by atoms with E-state index in [-0.39, 0.29) is 0 Å². The Labute approximate surface area is 153 Å². The van der Waals surface area contributed by atoms with Crippen molar-refractivity contribution in [2.45, 2.75) is 20.0 Å². The van der Waals surface area contributed by atoms with Crippen LogP contribution >= 0.6 is 15.9 Å². The number of methoxy groups -OCH3 is 1. The zero-order valence-electron chi connectivity index (χ0n) is 14.5. The molecule has 3 rings (SSSR count). The maximum Gasteiger partial charge on any atom is 0.123 e. The summed E-state index contributed by atoms with van der Waals surface area (Å²) in [5.74, 6) is 0.972. The van der Waals surface area contributed by atoms with Gasteiger partial charge < -0.3 is 4.74 Å². The molecule has 0 unspecified atom stereocenters. The van der Waals surface area contributed by atoms with Crippen LogP contribution in [-0.2, 0) is 13.1 Å². The fraction of sp³-hybridized carbons (Fsp3) is 0.400. The number of hydrogen-bond acceptors (Lipinski definition) is 3. The fourth-order valence-corrected chi connectivity index (χ4v) is 3.58. The molecule has 4 heteroatoms. The molecule has 0 radical (unpaired) electrons. The van der Waals surface area contributed by atoms with Crippen molar-refractivity contribution >= 4 is 15.9 Å². The smallest absolute Gasteiger partial charge is 0.123 e. The summed E-state index contributed by atoms with van der Waals surface area (Å²) in [5, 5.41) is 0. The lowest BCUT2D eigenvalue weighted by Gasteiger charge is -2.35. The van der Waals surface area contributed by atoms with Gasteiger partial charge in [0.15, 0.2) is 0 Å². The van der Waals surface area contributed by atoms with Crippen molar-refractivity contribution in [3.63, 3.8) is 0 Å². The van der Waals surface area contributed by atoms with E-state index in [1.807, 2.05) is 12.1 Å². The molecule has 0 atom stereocenters. The summed E-state index contributed by atoms with van der Waals surface area (Å²) in [7, 11) is 1.74. The van der Waals surface area contributed by atoms with E-state index in [1.165, 1.54) is 16.7 Å². The molecule has 1 saturated heterocycles. The highest BCUT2D eigenvalue weighted by atomic mass is 79.9. The molecule has 2 aromatic rings. The van der Waals surface area contributed by atoms with Crippen molar-refractivity contribution in [3.05, 3.63) is 63.6 Å². The van der Waals surface area contributed by atoms with Crippen molar-refractivity contribution < 1.29 is 4.74 Å². The number of halogens is 1. The Kier molecular flexibility index (Phi) is 5.93. The number of nitrogens with zero attached hydrogens (tertiary/aromatic N) is 2. The number of rotatable bonds is 5. The van der Waals surface area contributed by atoms with Crippen LogP contribution in [0.15, 0.2) is 46.9 Å². The molecular formula is C20H25BrN2O. The number of hydrogen-bond donors (Lipinski definition) is 0. The first-order chi connectivity index (χ1) is 11.6. The first kappa shape index (κ1) is 17.5. The van der Waals surface area contributed by atoms with Gasteiger partial charge in [0.2, 0.25) is 0 Å². The first-order valence-electron chi connectivity index (χ1n) is 8.47. The number of benzene rings is 2. The largest absolute Gasteiger partial charge is 0.496 e. The summed E-state index contributed by atoms with van der Waals surface area (Å²) in [6.07, 6.45) is 0. The third-order valence-electron chi connectivity index (χ3n) is 4.63. The average Bonchev–Trinajstić information content (AvgIpc) is 2.59. The molecule has 0 aromatic heterocycles. The Morgan fingerprint density at radius 1 is 0.917 bits per heavy atom. The van der Waals surface area contributed by atoms with Crippen molar-refractivity contribution in [2.24, 2.45) is 0 Å². The topological polar surface area (TPSA) is 15.7 Å². The van der Waals surface area contributed by atoms with E-state index in [0.29, 0.717) is 0 Å². The molecule has 1 aliphatic rings. The number of piperazine rings is 1. The second-order valence-electron chi connectivity index (χ2n) is 6.49. The lowest BCUT2D eigenvalue weighted by Crippen LogP contribution is -2.45. The third kappa shape index (κ3) is 4.59. The summed E-state index contributed by atoms with van der Waals surface area (Å²) < 4.78 is 6.60. The Bertz CT molecular complexity index is 664. The van der Waals surface area contributed by atoms with E-state index < -0.39 is 0 Å². The van der Waals surface area contributed by atoms with E-state index in [4.69, 9.17) is 4.74 Å². The van der Waals surface area contributed by atoms with Crippen LogP contribution in [0.5, 0.6) is 5.75 Å². The van der Waals surface area contributed by atoms with Gasteiger partial charge in [0.05, 0.1) is 7.11 Å². The maximum absolute atomic E-state index is 5.49. The van der Waals surface area contributed by atoms with Gasteiger partial charge in [-0.25, -0.2) is 0 Å². The summed E-state index contributed by atoms with van der Waals surface area (Å²) >= 11 is 3.56. The number of aryl methyl sites for hydroxylation is 1. The van der Waals surface area contributed by atoms with Crippen LogP contribution < -0.4 is 4.74 Å². The van der Waals surface area contributed by atoms with Crippen LogP contribution in [0.4, 0.5) is 0 Å². The molecule has 0 aliphatic carbocycles. The fourth-order valence-electron chi connectivity index (χ4n) is 3.17. The first-order valence-corrected chi connectivity index (χ1v) is 9.26. The van der Waals surface area contributed by atoms with E-state index in [0.717, 1.165) is 49.5 Å². The quantitative estimate of drug-likeness (QED) is 0.767. The van der Waals surface area contributed by atoms with Crippen molar-refractivity contribution in [3.8, 4) is 5.75 Å². The Morgan fingerprint density at radius 3 is 2.17 bits per heavy atom. The van der Waals surface area contributed by atoms with E-state index >= 15 is 0 Å². The SMILES string of the molecule is COc1ccc(Br)cc1CN1CCN(Cc2ccc(C)cc2)CC1. The van der Waals surface area contributed by atoms with Gasteiger partial charge >= 0.3 is 0 Å². The normalized spacial score (nSPS) is 16.3. The van der Waals surface area contributed by atoms with Crippen LogP contribution in [0.1, 0.15) is 16.7 Å². The zero-order valence-corrected chi connectivity index (χ0v) is 16.1. The van der Waals surface area contributed by atoms with Gasteiger partial charge in [-0.1, -0.05) is 45.8 Å². The minimum Gasteiger partial charge on any atom is -0.496 e. The molecular weight excluding hydrogens is 364 g/mol. The molecule has 3 nitrogen and oxygen atoms in total. The summed E-state index contributed by atoms with van der Waals surface area (Å²) in [6.45, 7) is 8.56. The molecule has 0 saturated carbocycles. The maximum atomic E-state index is 5.49. The van der Waals surface area contributed by atoms with Crippen molar-refractivity contribution in [1.82, 2.24) is 9.80 Å². The van der Waals surface area contributed by atoms with Crippen LogP contribution in [-0.4, -0.2) is 43.1 Å². The van der Waals surface area contributed by atoms with Crippen LogP contribution in [0.2, 0.25) is 0 Å². The van der Waals surface area contributed by atoms with E-state index in [2.05, 4.69) is 63.0 Å². The minimum absolute atomic E-state index is 0.945. The van der Waals surface area contributed by atoms with Gasteiger partial charge in [0.25, 0.3) is 0 Å². The van der Waals surface area contributed by atoms with Gasteiger partial charge in [-0.05, 0) is 30.7 Å². The van der Waals surface area contributed by atoms with Crippen LogP contribution in [0.3, 0.4) is 0 Å². The molecule has 0 bridgehead atoms. The molecule has 24 heavy (non-hydrogen) atoms. The van der Waals surface area contributed by atoms with Crippen LogP contribution in [0, 0.1) is 6.92 Å². The predicted molar refractivity (Wildman–Crippen MR) is 102 cm³/mol. The monoisotopic (exact) mass is 388 g/mol. The summed E-state index contributed by atoms with van der Waals surface area (Å²) in [4.78, 5) is 5.05. The van der Waals surface area contributed by atoms with Crippen molar-refractivity contribution in [2.75, 3.05) is 33.3 Å². The van der Waals surface area contributed by atoms with Gasteiger partial charge in [0, 0.05) is 49.3 Å². The van der Waals surface area contributed by atoms with Gasteiger partial charge in [-0.2, -0.15) is 0 Å². The van der Waals surface area contributed by atoms with E-state index in [9.17, 15) is 0 Å². The van der Waals surface area contributed by atoms with E-state index in [1.54, 1.807) is 7.11 Å². The Balaban J connectivity index is 1.53. The van der Waals surface area contributed by atoms with Crippen molar-refractivity contribution in [1.29, 1.82) is 0 Å². The molecule has 0 N–H and O–H groups in total. The lowest BCUT2D eigenvalue weighted by atomic mass is 10.1. The number of ether oxygens (including phenoxy) is 1. The van der Waals surface area contributed by atoms with Gasteiger partial charge in [-0.15, -0.1) is 0 Å². The molecule has 1 heterocycles. The lowest BCUT2D eigenvalue weighted by molar-refractivity contribution is 0.121. The Hall–Kier alpha value is -1.36. The highest BCUT2D eigenvalue weighted by molar-refractivity contribution is 9.10. The van der Waals surface area contributed by atoms with Crippen LogP contribution in [0.25, 0.3) is 0 Å². The molecule has 1 aliphatic heterocycles. The molecule has 2 aromatic carbocycles. The molecule has 1 fully saturated rings. The molecule has 0 spiro atoms.